The fraction of sp³-hybridized carbons (Fsp3) is 0.462. The topological polar surface area (TPSA) is 47.6 Å². The number of rotatable bonds is 2. The van der Waals surface area contributed by atoms with Crippen molar-refractivity contribution in [2.75, 3.05) is 12.4 Å². The van der Waals surface area contributed by atoms with E-state index in [9.17, 15) is 4.79 Å². The Morgan fingerprint density at radius 1 is 1.33 bits per heavy atom. The first-order valence-electron chi connectivity index (χ1n) is 5.57. The number of amides is 1. The first kappa shape index (κ1) is 14.8. The highest BCUT2D eigenvalue weighted by Gasteiger charge is 2.17. The maximum atomic E-state index is 11.7. The second kappa shape index (κ2) is 5.61. The lowest BCUT2D eigenvalue weighted by Crippen LogP contribution is -2.27. The Kier molecular flexibility index (Phi) is 4.62. The number of aryl methyl sites for hydroxylation is 1. The number of anilines is 1. The molecule has 0 radical (unpaired) electrons. The maximum Gasteiger partial charge on any atom is 0.412 e. The van der Waals surface area contributed by atoms with Gasteiger partial charge in [-0.3, -0.25) is 5.32 Å². The van der Waals surface area contributed by atoms with E-state index in [-0.39, 0.29) is 0 Å². The predicted octanol–water partition coefficient (Wildman–Crippen LogP) is 4.11. The molecule has 1 amide bonds. The van der Waals surface area contributed by atoms with Crippen molar-refractivity contribution in [2.45, 2.75) is 33.3 Å². The van der Waals surface area contributed by atoms with Crippen LogP contribution >= 0.6 is 15.9 Å². The highest BCUT2D eigenvalue weighted by Crippen LogP contribution is 2.30. The summed E-state index contributed by atoms with van der Waals surface area (Å²) in [6.45, 7) is 7.37. The number of carbonyl (C=O) groups excluding carboxylic acids is 1. The van der Waals surface area contributed by atoms with Gasteiger partial charge in [-0.15, -0.1) is 0 Å². The summed E-state index contributed by atoms with van der Waals surface area (Å²) in [5.41, 5.74) is 1.08. The summed E-state index contributed by atoms with van der Waals surface area (Å²) >= 11 is 3.38. The van der Waals surface area contributed by atoms with E-state index in [1.165, 1.54) is 0 Å². The average Bonchev–Trinajstić information content (AvgIpc) is 2.20. The Balaban J connectivity index is 2.86. The summed E-state index contributed by atoms with van der Waals surface area (Å²) < 4.78 is 11.1. The van der Waals surface area contributed by atoms with Crippen molar-refractivity contribution in [1.29, 1.82) is 0 Å². The molecule has 0 spiro atoms. The van der Waals surface area contributed by atoms with Crippen LogP contribution < -0.4 is 10.1 Å². The van der Waals surface area contributed by atoms with Gasteiger partial charge in [0, 0.05) is 4.47 Å². The van der Waals surface area contributed by atoms with Crippen molar-refractivity contribution < 1.29 is 14.3 Å². The van der Waals surface area contributed by atoms with Crippen LogP contribution in [0.2, 0.25) is 0 Å². The van der Waals surface area contributed by atoms with Crippen LogP contribution in [-0.2, 0) is 4.74 Å². The standard InChI is InChI=1S/C13H18BrNO3/c1-8-6-10(9(14)7-11(8)17-5)15-12(16)18-13(2,3)4/h6-7H,1-5H3,(H,15,16). The van der Waals surface area contributed by atoms with Crippen LogP contribution in [0.4, 0.5) is 10.5 Å². The zero-order valence-electron chi connectivity index (χ0n) is 11.3. The minimum atomic E-state index is -0.516. The van der Waals surface area contributed by atoms with Gasteiger partial charge < -0.3 is 9.47 Å². The van der Waals surface area contributed by atoms with Crippen LogP contribution in [-0.4, -0.2) is 18.8 Å². The van der Waals surface area contributed by atoms with Crippen molar-refractivity contribution in [3.8, 4) is 5.75 Å². The molecule has 1 aromatic rings. The molecule has 5 heteroatoms. The highest BCUT2D eigenvalue weighted by molar-refractivity contribution is 9.10. The van der Waals surface area contributed by atoms with Crippen LogP contribution in [0.25, 0.3) is 0 Å². The molecule has 0 aliphatic heterocycles. The Labute approximate surface area is 116 Å². The molecular formula is C13H18BrNO3. The van der Waals surface area contributed by atoms with Crippen LogP contribution in [0.1, 0.15) is 26.3 Å². The highest BCUT2D eigenvalue weighted by atomic mass is 79.9. The summed E-state index contributed by atoms with van der Waals surface area (Å²) in [4.78, 5) is 11.7. The quantitative estimate of drug-likeness (QED) is 0.893. The smallest absolute Gasteiger partial charge is 0.412 e. The van der Waals surface area contributed by atoms with Crippen molar-refractivity contribution in [3.63, 3.8) is 0 Å². The molecule has 0 aliphatic rings. The zero-order chi connectivity index (χ0) is 13.9. The lowest BCUT2D eigenvalue weighted by molar-refractivity contribution is 0.0636. The van der Waals surface area contributed by atoms with Gasteiger partial charge in [-0.2, -0.15) is 0 Å². The van der Waals surface area contributed by atoms with E-state index in [0.717, 1.165) is 15.8 Å². The Bertz CT molecular complexity index is 452. The minimum Gasteiger partial charge on any atom is -0.496 e. The molecule has 0 atom stereocenters. The van der Waals surface area contributed by atoms with Gasteiger partial charge in [-0.1, -0.05) is 0 Å². The molecule has 0 saturated heterocycles. The monoisotopic (exact) mass is 315 g/mol. The molecule has 0 heterocycles. The van der Waals surface area contributed by atoms with E-state index in [0.29, 0.717) is 5.69 Å². The molecule has 1 N–H and O–H groups in total. The number of benzene rings is 1. The van der Waals surface area contributed by atoms with Crippen molar-refractivity contribution >= 4 is 27.7 Å². The Morgan fingerprint density at radius 2 is 1.94 bits per heavy atom. The Hall–Kier alpha value is -1.23. The number of halogens is 1. The van der Waals surface area contributed by atoms with Gasteiger partial charge in [-0.05, 0) is 61.3 Å². The van der Waals surface area contributed by atoms with Crippen molar-refractivity contribution in [3.05, 3.63) is 22.2 Å². The summed E-state index contributed by atoms with van der Waals surface area (Å²) in [5, 5.41) is 2.70. The lowest BCUT2D eigenvalue weighted by Gasteiger charge is -2.20. The number of methoxy groups -OCH3 is 1. The third-order valence-electron chi connectivity index (χ3n) is 2.12. The second-order valence-corrected chi connectivity index (χ2v) is 5.78. The molecule has 4 nitrogen and oxygen atoms in total. The van der Waals surface area contributed by atoms with Crippen molar-refractivity contribution in [2.24, 2.45) is 0 Å². The fourth-order valence-electron chi connectivity index (χ4n) is 1.39. The van der Waals surface area contributed by atoms with Gasteiger partial charge in [0.1, 0.15) is 11.4 Å². The third-order valence-corrected chi connectivity index (χ3v) is 2.78. The Morgan fingerprint density at radius 3 is 2.44 bits per heavy atom. The normalized spacial score (nSPS) is 11.0. The molecule has 0 saturated carbocycles. The molecule has 1 aromatic carbocycles. The predicted molar refractivity (Wildman–Crippen MR) is 75.3 cm³/mol. The van der Waals surface area contributed by atoms with Gasteiger partial charge in [0.25, 0.3) is 0 Å². The molecule has 18 heavy (non-hydrogen) atoms. The number of carbonyl (C=O) groups is 1. The van der Waals surface area contributed by atoms with E-state index in [1.807, 2.05) is 39.8 Å². The van der Waals surface area contributed by atoms with Crippen molar-refractivity contribution in [1.82, 2.24) is 0 Å². The first-order chi connectivity index (χ1) is 8.23. The van der Waals surface area contributed by atoms with E-state index in [2.05, 4.69) is 21.2 Å². The van der Waals surface area contributed by atoms with E-state index in [4.69, 9.17) is 9.47 Å². The van der Waals surface area contributed by atoms with Gasteiger partial charge >= 0.3 is 6.09 Å². The van der Waals surface area contributed by atoms with Crippen LogP contribution in [0.15, 0.2) is 16.6 Å². The largest absolute Gasteiger partial charge is 0.496 e. The number of hydrogen-bond acceptors (Lipinski definition) is 3. The number of nitrogens with one attached hydrogen (secondary N) is 1. The molecule has 0 aliphatic carbocycles. The van der Waals surface area contributed by atoms with Crippen LogP contribution in [0.3, 0.4) is 0 Å². The third kappa shape index (κ3) is 4.22. The summed E-state index contributed by atoms with van der Waals surface area (Å²) in [6.07, 6.45) is -0.479. The molecular weight excluding hydrogens is 298 g/mol. The molecule has 0 bridgehead atoms. The number of hydrogen-bond donors (Lipinski definition) is 1. The summed E-state index contributed by atoms with van der Waals surface area (Å²) in [6, 6.07) is 3.63. The summed E-state index contributed by atoms with van der Waals surface area (Å²) in [5.74, 6) is 0.761. The molecule has 0 aromatic heterocycles. The fourth-order valence-corrected chi connectivity index (χ4v) is 1.81. The molecule has 100 valence electrons. The SMILES string of the molecule is COc1cc(Br)c(NC(=O)OC(C)(C)C)cc1C. The molecule has 0 unspecified atom stereocenters. The first-order valence-corrected chi connectivity index (χ1v) is 6.36. The van der Waals surface area contributed by atoms with E-state index in [1.54, 1.807) is 7.11 Å². The second-order valence-electron chi connectivity index (χ2n) is 4.93. The van der Waals surface area contributed by atoms with E-state index >= 15 is 0 Å². The van der Waals surface area contributed by atoms with Crippen LogP contribution in [0.5, 0.6) is 5.75 Å². The molecule has 1 rings (SSSR count). The minimum absolute atomic E-state index is 0.479. The average molecular weight is 316 g/mol. The van der Waals surface area contributed by atoms with Gasteiger partial charge in [0.2, 0.25) is 0 Å². The van der Waals surface area contributed by atoms with E-state index < -0.39 is 11.7 Å². The van der Waals surface area contributed by atoms with Gasteiger partial charge in [0.15, 0.2) is 0 Å². The lowest BCUT2D eigenvalue weighted by atomic mass is 10.2. The number of ether oxygens (including phenoxy) is 2. The van der Waals surface area contributed by atoms with Gasteiger partial charge in [0.05, 0.1) is 12.8 Å². The zero-order valence-corrected chi connectivity index (χ0v) is 12.8. The summed E-state index contributed by atoms with van der Waals surface area (Å²) in [7, 11) is 1.61. The van der Waals surface area contributed by atoms with Gasteiger partial charge in [-0.25, -0.2) is 4.79 Å². The molecule has 0 fully saturated rings. The maximum absolute atomic E-state index is 11.7. The van der Waals surface area contributed by atoms with Crippen LogP contribution in [0, 0.1) is 6.92 Å².